The minimum absolute atomic E-state index is 0.487. The zero-order valence-electron chi connectivity index (χ0n) is 13.3. The van der Waals surface area contributed by atoms with Crippen molar-refractivity contribution in [3.05, 3.63) is 66.7 Å². The number of aryl methyl sites for hydroxylation is 2. The molecule has 0 aliphatic rings. The SMILES string of the molecule is C=CC(=C)Nc1ncc(C)c(Nc2ccc(C)c3[nH]ccc23)n1. The number of aromatic nitrogens is 3. The number of fused-ring (bicyclic) bond motifs is 1. The van der Waals surface area contributed by atoms with Crippen molar-refractivity contribution in [1.82, 2.24) is 15.0 Å². The Morgan fingerprint density at radius 3 is 2.83 bits per heavy atom. The second-order valence-electron chi connectivity index (χ2n) is 5.40. The highest BCUT2D eigenvalue weighted by atomic mass is 15.1. The maximum absolute atomic E-state index is 4.52. The fraction of sp³-hybridized carbons (Fsp3) is 0.111. The third-order valence-corrected chi connectivity index (χ3v) is 3.68. The molecule has 0 fully saturated rings. The lowest BCUT2D eigenvalue weighted by molar-refractivity contribution is 1.12. The molecule has 5 heteroatoms. The van der Waals surface area contributed by atoms with Gasteiger partial charge in [-0.3, -0.25) is 0 Å². The number of H-pyrrole nitrogens is 1. The molecule has 3 aromatic rings. The third kappa shape index (κ3) is 2.94. The third-order valence-electron chi connectivity index (χ3n) is 3.68. The number of aromatic amines is 1. The molecule has 0 radical (unpaired) electrons. The first-order valence-electron chi connectivity index (χ1n) is 7.34. The van der Waals surface area contributed by atoms with Crippen molar-refractivity contribution in [1.29, 1.82) is 0 Å². The zero-order chi connectivity index (χ0) is 16.4. The van der Waals surface area contributed by atoms with Gasteiger partial charge in [-0.05, 0) is 37.6 Å². The van der Waals surface area contributed by atoms with E-state index < -0.39 is 0 Å². The molecule has 0 saturated carbocycles. The van der Waals surface area contributed by atoms with Gasteiger partial charge < -0.3 is 15.6 Å². The Hall–Kier alpha value is -3.08. The van der Waals surface area contributed by atoms with Crippen LogP contribution >= 0.6 is 0 Å². The number of nitrogens with one attached hydrogen (secondary N) is 3. The first kappa shape index (κ1) is 14.8. The van der Waals surface area contributed by atoms with Crippen LogP contribution in [0.5, 0.6) is 0 Å². The Bertz CT molecular complexity index is 892. The average molecular weight is 305 g/mol. The topological polar surface area (TPSA) is 65.6 Å². The van der Waals surface area contributed by atoms with E-state index in [-0.39, 0.29) is 0 Å². The van der Waals surface area contributed by atoms with E-state index in [9.17, 15) is 0 Å². The van der Waals surface area contributed by atoms with E-state index in [4.69, 9.17) is 0 Å². The van der Waals surface area contributed by atoms with Gasteiger partial charge in [0.25, 0.3) is 0 Å². The second-order valence-corrected chi connectivity index (χ2v) is 5.40. The number of anilines is 3. The Morgan fingerprint density at radius 1 is 1.22 bits per heavy atom. The fourth-order valence-corrected chi connectivity index (χ4v) is 2.36. The molecule has 116 valence electrons. The summed E-state index contributed by atoms with van der Waals surface area (Å²) in [4.78, 5) is 12.0. The van der Waals surface area contributed by atoms with Gasteiger partial charge in [0, 0.05) is 34.7 Å². The van der Waals surface area contributed by atoms with E-state index in [2.05, 4.69) is 63.9 Å². The number of benzene rings is 1. The Morgan fingerprint density at radius 2 is 2.04 bits per heavy atom. The Kier molecular flexibility index (Phi) is 3.85. The van der Waals surface area contributed by atoms with Gasteiger partial charge in [-0.2, -0.15) is 4.98 Å². The van der Waals surface area contributed by atoms with Crippen LogP contribution in [0.15, 0.2) is 55.5 Å². The molecule has 0 atom stereocenters. The van der Waals surface area contributed by atoms with Crippen molar-refractivity contribution in [2.75, 3.05) is 10.6 Å². The zero-order valence-corrected chi connectivity index (χ0v) is 13.3. The van der Waals surface area contributed by atoms with Crippen molar-refractivity contribution in [3.8, 4) is 0 Å². The van der Waals surface area contributed by atoms with E-state index in [1.807, 2.05) is 13.1 Å². The van der Waals surface area contributed by atoms with Crippen molar-refractivity contribution in [3.63, 3.8) is 0 Å². The van der Waals surface area contributed by atoms with Crippen LogP contribution in [-0.2, 0) is 0 Å². The van der Waals surface area contributed by atoms with Crippen LogP contribution in [-0.4, -0.2) is 15.0 Å². The molecule has 0 saturated heterocycles. The molecule has 0 spiro atoms. The Labute approximate surface area is 135 Å². The van der Waals surface area contributed by atoms with Gasteiger partial charge in [0.05, 0.1) is 5.52 Å². The van der Waals surface area contributed by atoms with Gasteiger partial charge in [-0.1, -0.05) is 19.2 Å². The number of allylic oxidation sites excluding steroid dienone is 1. The maximum atomic E-state index is 4.52. The Balaban J connectivity index is 1.96. The minimum Gasteiger partial charge on any atom is -0.361 e. The number of hydrogen-bond acceptors (Lipinski definition) is 4. The van der Waals surface area contributed by atoms with E-state index in [1.165, 1.54) is 5.56 Å². The quantitative estimate of drug-likeness (QED) is 0.610. The van der Waals surface area contributed by atoms with Gasteiger partial charge in [0.15, 0.2) is 0 Å². The molecule has 23 heavy (non-hydrogen) atoms. The standard InChI is InChI=1S/C18H19N5/c1-5-13(4)21-18-20-10-12(3)17(23-18)22-15-7-6-11(2)16-14(15)8-9-19-16/h5-10,19H,1,4H2,2-3H3,(H2,20,21,22,23). The molecule has 1 aromatic carbocycles. The second kappa shape index (κ2) is 5.96. The average Bonchev–Trinajstić information content (AvgIpc) is 3.03. The lowest BCUT2D eigenvalue weighted by Crippen LogP contribution is -2.04. The normalized spacial score (nSPS) is 10.5. The highest BCUT2D eigenvalue weighted by molar-refractivity contribution is 5.95. The van der Waals surface area contributed by atoms with Crippen molar-refractivity contribution < 1.29 is 0 Å². The summed E-state index contributed by atoms with van der Waals surface area (Å²) in [6.45, 7) is 11.5. The summed E-state index contributed by atoms with van der Waals surface area (Å²) in [5.41, 5.74) is 4.95. The summed E-state index contributed by atoms with van der Waals surface area (Å²) >= 11 is 0. The molecule has 3 rings (SSSR count). The van der Waals surface area contributed by atoms with Crippen LogP contribution < -0.4 is 10.6 Å². The largest absolute Gasteiger partial charge is 0.361 e. The van der Waals surface area contributed by atoms with E-state index in [0.717, 1.165) is 28.0 Å². The number of hydrogen-bond donors (Lipinski definition) is 3. The molecule has 3 N–H and O–H groups in total. The van der Waals surface area contributed by atoms with E-state index in [0.29, 0.717) is 11.6 Å². The summed E-state index contributed by atoms with van der Waals surface area (Å²) in [7, 11) is 0. The summed E-state index contributed by atoms with van der Waals surface area (Å²) in [5.74, 6) is 1.24. The molecule has 0 bridgehead atoms. The first-order chi connectivity index (χ1) is 11.1. The predicted molar refractivity (Wildman–Crippen MR) is 96.0 cm³/mol. The summed E-state index contributed by atoms with van der Waals surface area (Å²) in [6, 6.07) is 6.19. The van der Waals surface area contributed by atoms with Crippen LogP contribution in [0.25, 0.3) is 10.9 Å². The lowest BCUT2D eigenvalue weighted by atomic mass is 10.1. The summed E-state index contributed by atoms with van der Waals surface area (Å²) in [6.07, 6.45) is 5.34. The predicted octanol–water partition coefficient (Wildman–Crippen LogP) is 4.43. The minimum atomic E-state index is 0.487. The molecule has 0 aliphatic heterocycles. The van der Waals surface area contributed by atoms with Gasteiger partial charge in [0.1, 0.15) is 5.82 Å². The van der Waals surface area contributed by atoms with Gasteiger partial charge in [-0.25, -0.2) is 4.98 Å². The van der Waals surface area contributed by atoms with E-state index in [1.54, 1.807) is 12.3 Å². The molecule has 2 aromatic heterocycles. The highest BCUT2D eigenvalue weighted by Gasteiger charge is 2.08. The van der Waals surface area contributed by atoms with Crippen LogP contribution in [0.4, 0.5) is 17.5 Å². The van der Waals surface area contributed by atoms with Gasteiger partial charge in [-0.15, -0.1) is 0 Å². The van der Waals surface area contributed by atoms with Crippen LogP contribution in [0.3, 0.4) is 0 Å². The maximum Gasteiger partial charge on any atom is 0.229 e. The number of rotatable bonds is 5. The summed E-state index contributed by atoms with van der Waals surface area (Å²) in [5, 5.41) is 7.53. The molecule has 0 unspecified atom stereocenters. The number of nitrogens with zero attached hydrogens (tertiary/aromatic N) is 2. The first-order valence-corrected chi connectivity index (χ1v) is 7.34. The molecule has 2 heterocycles. The van der Waals surface area contributed by atoms with Crippen molar-refractivity contribution in [2.24, 2.45) is 0 Å². The molecular formula is C18H19N5. The van der Waals surface area contributed by atoms with Gasteiger partial charge in [0.2, 0.25) is 5.95 Å². The van der Waals surface area contributed by atoms with Crippen molar-refractivity contribution in [2.45, 2.75) is 13.8 Å². The van der Waals surface area contributed by atoms with Crippen molar-refractivity contribution >= 4 is 28.4 Å². The molecule has 5 nitrogen and oxygen atoms in total. The van der Waals surface area contributed by atoms with Crippen LogP contribution in [0, 0.1) is 13.8 Å². The van der Waals surface area contributed by atoms with Crippen LogP contribution in [0.2, 0.25) is 0 Å². The van der Waals surface area contributed by atoms with Gasteiger partial charge >= 0.3 is 0 Å². The summed E-state index contributed by atoms with van der Waals surface area (Å²) < 4.78 is 0. The monoisotopic (exact) mass is 305 g/mol. The lowest BCUT2D eigenvalue weighted by Gasteiger charge is -2.12. The highest BCUT2D eigenvalue weighted by Crippen LogP contribution is 2.28. The smallest absolute Gasteiger partial charge is 0.229 e. The van der Waals surface area contributed by atoms with Crippen LogP contribution in [0.1, 0.15) is 11.1 Å². The van der Waals surface area contributed by atoms with E-state index >= 15 is 0 Å². The molecular weight excluding hydrogens is 286 g/mol. The molecule has 0 aliphatic carbocycles. The fourth-order valence-electron chi connectivity index (χ4n) is 2.36. The molecule has 0 amide bonds.